The molecule has 18 heavy (non-hydrogen) atoms. The van der Waals surface area contributed by atoms with Crippen LogP contribution in [-0.2, 0) is 10.2 Å². The van der Waals surface area contributed by atoms with Crippen LogP contribution in [0.4, 0.5) is 0 Å². The topological polar surface area (TPSA) is 52.7 Å². The third-order valence-corrected chi connectivity index (χ3v) is 6.18. The van der Waals surface area contributed by atoms with Crippen LogP contribution in [0.3, 0.4) is 0 Å². The van der Waals surface area contributed by atoms with Gasteiger partial charge < -0.3 is 5.32 Å². The van der Waals surface area contributed by atoms with Crippen molar-refractivity contribution in [3.05, 3.63) is 0 Å². The molecule has 0 aromatic carbocycles. The summed E-state index contributed by atoms with van der Waals surface area (Å²) in [6.07, 6.45) is 4.29. The highest BCUT2D eigenvalue weighted by molar-refractivity contribution is 7.86. The van der Waals surface area contributed by atoms with Crippen LogP contribution in [0.25, 0.3) is 0 Å². The number of nitrogens with zero attached hydrogens (tertiary/aromatic N) is 2. The Balaban J connectivity index is 2.17. The molecule has 2 aliphatic heterocycles. The van der Waals surface area contributed by atoms with Gasteiger partial charge in [0.2, 0.25) is 0 Å². The Morgan fingerprint density at radius 1 is 0.944 bits per heavy atom. The monoisotopic (exact) mass is 275 g/mol. The predicted molar refractivity (Wildman–Crippen MR) is 72.6 cm³/mol. The molecule has 0 aliphatic carbocycles. The maximum Gasteiger partial charge on any atom is 0.282 e. The van der Waals surface area contributed by atoms with E-state index in [1.807, 2.05) is 13.8 Å². The molecule has 2 fully saturated rings. The molecule has 2 unspecified atom stereocenters. The molecule has 0 bridgehead atoms. The van der Waals surface area contributed by atoms with Crippen LogP contribution in [0.1, 0.15) is 39.5 Å². The first-order valence-electron chi connectivity index (χ1n) is 7.03. The van der Waals surface area contributed by atoms with Gasteiger partial charge in [-0.05, 0) is 26.7 Å². The second kappa shape index (κ2) is 5.86. The van der Waals surface area contributed by atoms with Crippen LogP contribution < -0.4 is 5.32 Å². The van der Waals surface area contributed by atoms with Gasteiger partial charge in [-0.1, -0.05) is 12.8 Å². The Labute approximate surface area is 111 Å². The molecule has 2 saturated heterocycles. The molecular formula is C12H25N3O2S. The summed E-state index contributed by atoms with van der Waals surface area (Å²) in [6, 6.07) is 0.0870. The van der Waals surface area contributed by atoms with E-state index >= 15 is 0 Å². The summed E-state index contributed by atoms with van der Waals surface area (Å²) < 4.78 is 28.9. The molecule has 5 nitrogen and oxygen atoms in total. The van der Waals surface area contributed by atoms with Crippen molar-refractivity contribution in [1.82, 2.24) is 13.9 Å². The van der Waals surface area contributed by atoms with Gasteiger partial charge in [-0.25, -0.2) is 0 Å². The molecule has 0 aromatic rings. The second-order valence-corrected chi connectivity index (χ2v) is 7.34. The smallest absolute Gasteiger partial charge is 0.282 e. The maximum absolute atomic E-state index is 12.7. The van der Waals surface area contributed by atoms with E-state index in [9.17, 15) is 8.42 Å². The quantitative estimate of drug-likeness (QED) is 0.810. The van der Waals surface area contributed by atoms with E-state index in [-0.39, 0.29) is 12.1 Å². The highest BCUT2D eigenvalue weighted by Crippen LogP contribution is 2.21. The number of rotatable bonds is 2. The van der Waals surface area contributed by atoms with Crippen molar-refractivity contribution >= 4 is 10.2 Å². The molecule has 0 spiro atoms. The average molecular weight is 275 g/mol. The van der Waals surface area contributed by atoms with E-state index < -0.39 is 10.2 Å². The zero-order valence-electron chi connectivity index (χ0n) is 11.4. The summed E-state index contributed by atoms with van der Waals surface area (Å²) in [5.41, 5.74) is 0. The van der Waals surface area contributed by atoms with E-state index in [0.29, 0.717) is 13.1 Å². The molecule has 1 N–H and O–H groups in total. The van der Waals surface area contributed by atoms with Gasteiger partial charge in [0.05, 0.1) is 0 Å². The number of hydrogen-bond donors (Lipinski definition) is 1. The van der Waals surface area contributed by atoms with Crippen molar-refractivity contribution in [3.63, 3.8) is 0 Å². The molecule has 2 aliphatic rings. The molecule has 2 heterocycles. The summed E-state index contributed by atoms with van der Waals surface area (Å²) >= 11 is 0. The number of hydrogen-bond acceptors (Lipinski definition) is 3. The molecule has 2 atom stereocenters. The Morgan fingerprint density at radius 3 is 1.94 bits per heavy atom. The molecule has 106 valence electrons. The van der Waals surface area contributed by atoms with Crippen molar-refractivity contribution in [2.75, 3.05) is 26.2 Å². The lowest BCUT2D eigenvalue weighted by atomic mass is 10.2. The summed E-state index contributed by atoms with van der Waals surface area (Å²) in [5, 5.41) is 3.28. The third kappa shape index (κ3) is 2.87. The molecule has 6 heteroatoms. The van der Waals surface area contributed by atoms with Gasteiger partial charge in [-0.2, -0.15) is 17.0 Å². The van der Waals surface area contributed by atoms with Crippen molar-refractivity contribution < 1.29 is 8.42 Å². The minimum atomic E-state index is -3.28. The molecule has 2 rings (SSSR count). The van der Waals surface area contributed by atoms with Crippen LogP contribution >= 0.6 is 0 Å². The van der Waals surface area contributed by atoms with Crippen LogP contribution in [0.15, 0.2) is 0 Å². The van der Waals surface area contributed by atoms with E-state index in [4.69, 9.17) is 0 Å². The molecule has 0 radical (unpaired) electrons. The first-order valence-corrected chi connectivity index (χ1v) is 8.42. The van der Waals surface area contributed by atoms with Gasteiger partial charge >= 0.3 is 0 Å². The van der Waals surface area contributed by atoms with Gasteiger partial charge in [-0.3, -0.25) is 0 Å². The summed E-state index contributed by atoms with van der Waals surface area (Å²) in [4.78, 5) is 0. The SMILES string of the molecule is CC1CNCC(C)N1S(=O)(=O)N1CCCCCC1. The number of nitrogens with one attached hydrogen (secondary N) is 1. The van der Waals surface area contributed by atoms with Crippen LogP contribution in [-0.4, -0.2) is 55.3 Å². The van der Waals surface area contributed by atoms with E-state index in [2.05, 4.69) is 5.32 Å². The lowest BCUT2D eigenvalue weighted by Gasteiger charge is -2.40. The summed E-state index contributed by atoms with van der Waals surface area (Å²) in [7, 11) is -3.28. The zero-order chi connectivity index (χ0) is 13.2. The van der Waals surface area contributed by atoms with Crippen LogP contribution in [0, 0.1) is 0 Å². The standard InChI is InChI=1S/C12H25N3O2S/c1-11-9-13-10-12(2)15(11)18(16,17)14-7-5-3-4-6-8-14/h11-13H,3-10H2,1-2H3. The second-order valence-electron chi connectivity index (χ2n) is 5.51. The lowest BCUT2D eigenvalue weighted by Crippen LogP contribution is -2.60. The average Bonchev–Trinajstić information content (AvgIpc) is 2.57. The Hall–Kier alpha value is -0.170. The van der Waals surface area contributed by atoms with Crippen molar-refractivity contribution in [1.29, 1.82) is 0 Å². The summed E-state index contributed by atoms with van der Waals surface area (Å²) in [5.74, 6) is 0. The highest BCUT2D eigenvalue weighted by Gasteiger charge is 2.38. The fraction of sp³-hybridized carbons (Fsp3) is 1.00. The Morgan fingerprint density at radius 2 is 1.44 bits per heavy atom. The normalized spacial score (nSPS) is 33.2. The van der Waals surface area contributed by atoms with Crippen LogP contribution in [0.5, 0.6) is 0 Å². The van der Waals surface area contributed by atoms with Gasteiger partial charge in [0.15, 0.2) is 0 Å². The first kappa shape index (κ1) is 14.2. The van der Waals surface area contributed by atoms with E-state index in [0.717, 1.165) is 38.8 Å². The van der Waals surface area contributed by atoms with Gasteiger partial charge in [0.25, 0.3) is 10.2 Å². The first-order chi connectivity index (χ1) is 8.53. The minimum absolute atomic E-state index is 0.0435. The Kier molecular flexibility index (Phi) is 4.64. The largest absolute Gasteiger partial charge is 0.314 e. The van der Waals surface area contributed by atoms with Gasteiger partial charge in [0, 0.05) is 38.3 Å². The summed E-state index contributed by atoms with van der Waals surface area (Å²) in [6.45, 7) is 6.84. The van der Waals surface area contributed by atoms with Crippen LogP contribution in [0.2, 0.25) is 0 Å². The van der Waals surface area contributed by atoms with Crippen molar-refractivity contribution in [2.24, 2.45) is 0 Å². The van der Waals surface area contributed by atoms with Crippen molar-refractivity contribution in [3.8, 4) is 0 Å². The maximum atomic E-state index is 12.7. The molecule has 0 saturated carbocycles. The molecular weight excluding hydrogens is 250 g/mol. The molecule has 0 aromatic heterocycles. The number of piperazine rings is 1. The zero-order valence-corrected chi connectivity index (χ0v) is 12.2. The third-order valence-electron chi connectivity index (χ3n) is 3.91. The predicted octanol–water partition coefficient (Wildman–Crippen LogP) is 0.789. The lowest BCUT2D eigenvalue weighted by molar-refractivity contribution is 0.202. The molecule has 0 amide bonds. The van der Waals surface area contributed by atoms with Gasteiger partial charge in [0.1, 0.15) is 0 Å². The van der Waals surface area contributed by atoms with Gasteiger partial charge in [-0.15, -0.1) is 0 Å². The Bertz CT molecular complexity index is 354. The van der Waals surface area contributed by atoms with E-state index in [1.165, 1.54) is 0 Å². The highest BCUT2D eigenvalue weighted by atomic mass is 32.2. The fourth-order valence-corrected chi connectivity index (χ4v) is 5.02. The fourth-order valence-electron chi connectivity index (χ4n) is 2.98. The van der Waals surface area contributed by atoms with E-state index in [1.54, 1.807) is 8.61 Å². The minimum Gasteiger partial charge on any atom is -0.314 e. The van der Waals surface area contributed by atoms with Crippen molar-refractivity contribution in [2.45, 2.75) is 51.6 Å².